The van der Waals surface area contributed by atoms with Gasteiger partial charge in [0.05, 0.1) is 7.11 Å². The summed E-state index contributed by atoms with van der Waals surface area (Å²) in [7, 11) is 1.65. The lowest BCUT2D eigenvalue weighted by atomic mass is 10.1. The minimum Gasteiger partial charge on any atom is -0.497 e. The summed E-state index contributed by atoms with van der Waals surface area (Å²) in [4.78, 5) is 9.01. The number of aromatic nitrogens is 2. The summed E-state index contributed by atoms with van der Waals surface area (Å²) >= 11 is 0. The number of hydrogen-bond acceptors (Lipinski definition) is 5. The Morgan fingerprint density at radius 2 is 1.48 bits per heavy atom. The lowest BCUT2D eigenvalue weighted by Gasteiger charge is -2.11. The highest BCUT2D eigenvalue weighted by molar-refractivity contribution is 5.61. The van der Waals surface area contributed by atoms with E-state index in [1.54, 1.807) is 7.11 Å². The molecule has 0 fully saturated rings. The zero-order valence-corrected chi connectivity index (χ0v) is 14.9. The van der Waals surface area contributed by atoms with Crippen molar-refractivity contribution in [3.05, 3.63) is 65.4 Å². The Balaban J connectivity index is 1.80. The average Bonchev–Trinajstić information content (AvgIpc) is 2.58. The van der Waals surface area contributed by atoms with Crippen molar-refractivity contribution in [3.63, 3.8) is 0 Å². The lowest BCUT2D eigenvalue weighted by Crippen LogP contribution is -2.02. The first-order chi connectivity index (χ1) is 12.0. The molecular weight excluding hydrogens is 312 g/mol. The van der Waals surface area contributed by atoms with E-state index in [4.69, 9.17) is 4.74 Å². The number of aryl methyl sites for hydroxylation is 3. The summed E-state index contributed by atoms with van der Waals surface area (Å²) in [5.41, 5.74) is 5.32. The topological polar surface area (TPSA) is 59.1 Å². The fourth-order valence-corrected chi connectivity index (χ4v) is 2.46. The van der Waals surface area contributed by atoms with E-state index in [2.05, 4.69) is 52.6 Å². The third-order valence-corrected chi connectivity index (χ3v) is 3.98. The van der Waals surface area contributed by atoms with E-state index >= 15 is 0 Å². The van der Waals surface area contributed by atoms with Gasteiger partial charge in [-0.25, -0.2) is 4.98 Å². The molecule has 0 saturated heterocycles. The molecular formula is C20H22N4O. The van der Waals surface area contributed by atoms with Crippen LogP contribution < -0.4 is 15.4 Å². The average molecular weight is 334 g/mol. The van der Waals surface area contributed by atoms with Crippen LogP contribution in [0.25, 0.3) is 0 Å². The first kappa shape index (κ1) is 16.8. The molecule has 2 aromatic carbocycles. The third-order valence-electron chi connectivity index (χ3n) is 3.98. The van der Waals surface area contributed by atoms with Crippen molar-refractivity contribution in [2.45, 2.75) is 20.8 Å². The van der Waals surface area contributed by atoms with E-state index in [1.807, 2.05) is 37.3 Å². The Morgan fingerprint density at radius 3 is 2.16 bits per heavy atom. The molecule has 0 aliphatic heterocycles. The molecule has 0 atom stereocenters. The number of anilines is 4. The smallest absolute Gasteiger partial charge is 0.229 e. The van der Waals surface area contributed by atoms with Gasteiger partial charge in [-0.15, -0.1) is 0 Å². The van der Waals surface area contributed by atoms with E-state index in [0.717, 1.165) is 28.6 Å². The molecule has 0 bridgehead atoms. The van der Waals surface area contributed by atoms with Crippen LogP contribution >= 0.6 is 0 Å². The van der Waals surface area contributed by atoms with E-state index in [9.17, 15) is 0 Å². The second-order valence-corrected chi connectivity index (χ2v) is 6.00. The maximum atomic E-state index is 5.17. The Hall–Kier alpha value is -3.08. The minimum atomic E-state index is 0.552. The normalized spacial score (nSPS) is 10.4. The van der Waals surface area contributed by atoms with Gasteiger partial charge >= 0.3 is 0 Å². The zero-order valence-electron chi connectivity index (χ0n) is 14.9. The molecule has 0 unspecified atom stereocenters. The van der Waals surface area contributed by atoms with Crippen molar-refractivity contribution < 1.29 is 4.74 Å². The van der Waals surface area contributed by atoms with Gasteiger partial charge in [0.2, 0.25) is 5.95 Å². The molecule has 3 rings (SSSR count). The maximum absolute atomic E-state index is 5.17. The summed E-state index contributed by atoms with van der Waals surface area (Å²) in [6.45, 7) is 6.15. The first-order valence-corrected chi connectivity index (χ1v) is 8.14. The van der Waals surface area contributed by atoms with Crippen molar-refractivity contribution in [3.8, 4) is 5.75 Å². The van der Waals surface area contributed by atoms with Gasteiger partial charge in [-0.1, -0.05) is 6.07 Å². The largest absolute Gasteiger partial charge is 0.497 e. The minimum absolute atomic E-state index is 0.552. The third kappa shape index (κ3) is 4.26. The van der Waals surface area contributed by atoms with Gasteiger partial charge in [-0.05, 0) is 68.3 Å². The van der Waals surface area contributed by atoms with Crippen LogP contribution in [-0.4, -0.2) is 17.1 Å². The molecule has 5 heteroatoms. The summed E-state index contributed by atoms with van der Waals surface area (Å²) < 4.78 is 5.17. The molecule has 1 heterocycles. The highest BCUT2D eigenvalue weighted by Crippen LogP contribution is 2.22. The quantitative estimate of drug-likeness (QED) is 0.695. The van der Waals surface area contributed by atoms with Crippen LogP contribution in [0.15, 0.2) is 48.5 Å². The highest BCUT2D eigenvalue weighted by Gasteiger charge is 2.05. The van der Waals surface area contributed by atoms with Gasteiger partial charge in [0, 0.05) is 23.1 Å². The fraction of sp³-hybridized carbons (Fsp3) is 0.200. The van der Waals surface area contributed by atoms with E-state index in [0.29, 0.717) is 5.95 Å². The van der Waals surface area contributed by atoms with Crippen molar-refractivity contribution in [2.24, 2.45) is 0 Å². The Bertz CT molecular complexity index is 875. The van der Waals surface area contributed by atoms with Crippen LogP contribution in [0.4, 0.5) is 23.1 Å². The SMILES string of the molecule is COc1ccc(Nc2nc(C)cc(Nc3ccc(C)c(C)c3)n2)cc1. The summed E-state index contributed by atoms with van der Waals surface area (Å²) in [6, 6.07) is 15.8. The maximum Gasteiger partial charge on any atom is 0.229 e. The summed E-state index contributed by atoms with van der Waals surface area (Å²) in [5.74, 6) is 2.12. The number of nitrogens with one attached hydrogen (secondary N) is 2. The number of methoxy groups -OCH3 is 1. The summed E-state index contributed by atoms with van der Waals surface area (Å²) in [5, 5.41) is 6.57. The molecule has 0 aliphatic carbocycles. The molecule has 25 heavy (non-hydrogen) atoms. The first-order valence-electron chi connectivity index (χ1n) is 8.14. The number of ether oxygens (including phenoxy) is 1. The summed E-state index contributed by atoms with van der Waals surface area (Å²) in [6.07, 6.45) is 0. The van der Waals surface area contributed by atoms with Crippen LogP contribution in [0.5, 0.6) is 5.75 Å². The van der Waals surface area contributed by atoms with Crippen LogP contribution in [0, 0.1) is 20.8 Å². The molecule has 0 saturated carbocycles. The van der Waals surface area contributed by atoms with Gasteiger partial charge in [0.25, 0.3) is 0 Å². The number of nitrogens with zero attached hydrogens (tertiary/aromatic N) is 2. The Labute approximate surface area is 148 Å². The van der Waals surface area contributed by atoms with Gasteiger partial charge < -0.3 is 15.4 Å². The van der Waals surface area contributed by atoms with Crippen LogP contribution in [-0.2, 0) is 0 Å². The molecule has 0 spiro atoms. The van der Waals surface area contributed by atoms with Crippen LogP contribution in [0.1, 0.15) is 16.8 Å². The van der Waals surface area contributed by atoms with E-state index < -0.39 is 0 Å². The fourth-order valence-electron chi connectivity index (χ4n) is 2.46. The molecule has 0 aliphatic rings. The predicted molar refractivity (Wildman–Crippen MR) is 102 cm³/mol. The number of rotatable bonds is 5. The molecule has 0 radical (unpaired) electrons. The van der Waals surface area contributed by atoms with Crippen LogP contribution in [0.3, 0.4) is 0 Å². The van der Waals surface area contributed by atoms with Crippen molar-refractivity contribution >= 4 is 23.1 Å². The van der Waals surface area contributed by atoms with Crippen molar-refractivity contribution in [2.75, 3.05) is 17.7 Å². The van der Waals surface area contributed by atoms with Crippen molar-refractivity contribution in [1.29, 1.82) is 0 Å². The van der Waals surface area contributed by atoms with E-state index in [1.165, 1.54) is 11.1 Å². The van der Waals surface area contributed by atoms with Crippen LogP contribution in [0.2, 0.25) is 0 Å². The second-order valence-electron chi connectivity index (χ2n) is 6.00. The van der Waals surface area contributed by atoms with Crippen molar-refractivity contribution in [1.82, 2.24) is 9.97 Å². The number of benzene rings is 2. The molecule has 0 amide bonds. The van der Waals surface area contributed by atoms with Gasteiger partial charge in [-0.3, -0.25) is 0 Å². The monoisotopic (exact) mass is 334 g/mol. The standard InChI is InChI=1S/C20H22N4O/c1-13-5-6-17(11-14(13)2)22-19-12-15(3)21-20(24-19)23-16-7-9-18(25-4)10-8-16/h5-12H,1-4H3,(H2,21,22,23,24). The Morgan fingerprint density at radius 1 is 0.760 bits per heavy atom. The molecule has 3 aromatic rings. The zero-order chi connectivity index (χ0) is 17.8. The Kier molecular flexibility index (Phi) is 4.84. The molecule has 128 valence electrons. The predicted octanol–water partition coefficient (Wildman–Crippen LogP) is 4.90. The number of hydrogen-bond donors (Lipinski definition) is 2. The molecule has 1 aromatic heterocycles. The molecule has 5 nitrogen and oxygen atoms in total. The van der Waals surface area contributed by atoms with Gasteiger partial charge in [-0.2, -0.15) is 4.98 Å². The second kappa shape index (κ2) is 7.21. The lowest BCUT2D eigenvalue weighted by molar-refractivity contribution is 0.415. The van der Waals surface area contributed by atoms with Gasteiger partial charge in [0.1, 0.15) is 11.6 Å². The van der Waals surface area contributed by atoms with E-state index in [-0.39, 0.29) is 0 Å². The van der Waals surface area contributed by atoms with Gasteiger partial charge in [0.15, 0.2) is 0 Å². The molecule has 2 N–H and O–H groups in total. The highest BCUT2D eigenvalue weighted by atomic mass is 16.5.